The quantitative estimate of drug-likeness (QED) is 0.443. The first-order valence-electron chi connectivity index (χ1n) is 9.96. The summed E-state index contributed by atoms with van der Waals surface area (Å²) in [6.07, 6.45) is 0. The third-order valence-corrected chi connectivity index (χ3v) is 5.44. The fourth-order valence-corrected chi connectivity index (χ4v) is 3.73. The van der Waals surface area contributed by atoms with Gasteiger partial charge in [-0.15, -0.1) is 0 Å². The highest BCUT2D eigenvalue weighted by Gasteiger charge is 2.19. The largest absolute Gasteiger partial charge is 0.368 e. The van der Waals surface area contributed by atoms with Crippen molar-refractivity contribution in [1.29, 1.82) is 0 Å². The van der Waals surface area contributed by atoms with Crippen molar-refractivity contribution in [3.63, 3.8) is 0 Å². The molecule has 3 aromatic rings. The van der Waals surface area contributed by atoms with Crippen LogP contribution in [0.25, 0.3) is 0 Å². The molecule has 0 spiro atoms. The summed E-state index contributed by atoms with van der Waals surface area (Å²) in [5.74, 6) is 0.829. The number of nitrogens with zero attached hydrogens (tertiary/aromatic N) is 4. The number of nitrogens with one attached hydrogen (secondary N) is 2. The van der Waals surface area contributed by atoms with Gasteiger partial charge in [0.25, 0.3) is 0 Å². The van der Waals surface area contributed by atoms with Gasteiger partial charge in [0, 0.05) is 44.5 Å². The van der Waals surface area contributed by atoms with E-state index in [1.807, 2.05) is 6.07 Å². The Kier molecular flexibility index (Phi) is 6.79. The molecule has 0 atom stereocenters. The van der Waals surface area contributed by atoms with Crippen LogP contribution in [0, 0.1) is 5.82 Å². The van der Waals surface area contributed by atoms with Crippen molar-refractivity contribution in [2.45, 2.75) is 6.54 Å². The average molecular weight is 457 g/mol. The summed E-state index contributed by atoms with van der Waals surface area (Å²) in [6, 6.07) is 18.4. The van der Waals surface area contributed by atoms with E-state index < -0.39 is 0 Å². The van der Waals surface area contributed by atoms with Crippen LogP contribution in [0.1, 0.15) is 5.56 Å². The summed E-state index contributed by atoms with van der Waals surface area (Å²) < 4.78 is 13.0. The minimum absolute atomic E-state index is 0.270. The fourth-order valence-electron chi connectivity index (χ4n) is 3.39. The lowest BCUT2D eigenvalue weighted by molar-refractivity contribution is 0.627. The zero-order valence-corrected chi connectivity index (χ0v) is 18.3. The van der Waals surface area contributed by atoms with E-state index >= 15 is 0 Å². The highest BCUT2D eigenvalue weighted by atomic mass is 35.5. The standard InChI is InChI=1S/C22H22ClFN6S/c23-19-14-20(30-12-10-29(11-13-30)18-4-2-1-3-5-18)27-21(26-19)28-22(31)25-15-16-6-8-17(24)9-7-16/h1-9,14H,10-13,15H2,(H2,25,26,27,28,31). The van der Waals surface area contributed by atoms with Crippen LogP contribution >= 0.6 is 23.8 Å². The highest BCUT2D eigenvalue weighted by Crippen LogP contribution is 2.22. The SMILES string of the molecule is Fc1ccc(CNC(=S)Nc2nc(Cl)cc(N3CCN(c4ccccc4)CC3)n2)cc1. The molecule has 0 radical (unpaired) electrons. The van der Waals surface area contributed by atoms with Crippen molar-refractivity contribution in [2.24, 2.45) is 0 Å². The first kappa shape index (κ1) is 21.3. The van der Waals surface area contributed by atoms with Crippen molar-refractivity contribution >= 4 is 46.4 Å². The maximum atomic E-state index is 13.0. The van der Waals surface area contributed by atoms with Crippen molar-refractivity contribution < 1.29 is 4.39 Å². The zero-order valence-electron chi connectivity index (χ0n) is 16.8. The number of piperazine rings is 1. The summed E-state index contributed by atoms with van der Waals surface area (Å²) in [6.45, 7) is 3.91. The molecule has 1 aliphatic rings. The van der Waals surface area contributed by atoms with Gasteiger partial charge in [0.05, 0.1) is 0 Å². The Hall–Kier alpha value is -2.97. The maximum absolute atomic E-state index is 13.0. The van der Waals surface area contributed by atoms with E-state index in [1.54, 1.807) is 18.2 Å². The Morgan fingerprint density at radius 1 is 0.968 bits per heavy atom. The molecule has 0 unspecified atom stereocenters. The van der Waals surface area contributed by atoms with Crippen LogP contribution in [0.5, 0.6) is 0 Å². The molecule has 4 rings (SSSR count). The van der Waals surface area contributed by atoms with Gasteiger partial charge in [-0.25, -0.2) is 9.37 Å². The molecule has 0 aliphatic carbocycles. The van der Waals surface area contributed by atoms with Crippen molar-refractivity contribution in [1.82, 2.24) is 15.3 Å². The number of benzene rings is 2. The number of aromatic nitrogens is 2. The Balaban J connectivity index is 1.35. The van der Waals surface area contributed by atoms with Crippen LogP contribution in [0.4, 0.5) is 21.8 Å². The Bertz CT molecular complexity index is 1030. The molecule has 1 aromatic heterocycles. The molecule has 2 N–H and O–H groups in total. The molecule has 9 heteroatoms. The lowest BCUT2D eigenvalue weighted by atomic mass is 10.2. The lowest BCUT2D eigenvalue weighted by Gasteiger charge is -2.36. The predicted molar refractivity (Wildman–Crippen MR) is 127 cm³/mol. The molecule has 0 saturated carbocycles. The van der Waals surface area contributed by atoms with Crippen LogP contribution in [0.15, 0.2) is 60.7 Å². The summed E-state index contributed by atoms with van der Waals surface area (Å²) in [4.78, 5) is 13.4. The van der Waals surface area contributed by atoms with E-state index in [0.717, 1.165) is 37.6 Å². The van der Waals surface area contributed by atoms with Crippen LogP contribution in [0.3, 0.4) is 0 Å². The topological polar surface area (TPSA) is 56.3 Å². The first-order chi connectivity index (χ1) is 15.1. The van der Waals surface area contributed by atoms with Gasteiger partial charge in [-0.1, -0.05) is 41.9 Å². The molecule has 1 aliphatic heterocycles. The smallest absolute Gasteiger partial charge is 0.232 e. The van der Waals surface area contributed by atoms with Crippen LogP contribution in [-0.2, 0) is 6.54 Å². The second-order valence-electron chi connectivity index (χ2n) is 7.12. The monoisotopic (exact) mass is 456 g/mol. The van der Waals surface area contributed by atoms with E-state index in [4.69, 9.17) is 23.8 Å². The summed E-state index contributed by atoms with van der Waals surface area (Å²) >= 11 is 11.6. The number of hydrogen-bond acceptors (Lipinski definition) is 5. The van der Waals surface area contributed by atoms with E-state index in [1.165, 1.54) is 17.8 Å². The van der Waals surface area contributed by atoms with Gasteiger partial charge in [-0.2, -0.15) is 4.98 Å². The molecule has 160 valence electrons. The van der Waals surface area contributed by atoms with Gasteiger partial charge in [-0.05, 0) is 42.0 Å². The maximum Gasteiger partial charge on any atom is 0.232 e. The summed E-state index contributed by atoms with van der Waals surface area (Å²) in [5, 5.41) is 6.76. The molecule has 0 amide bonds. The minimum Gasteiger partial charge on any atom is -0.368 e. The van der Waals surface area contributed by atoms with Gasteiger partial charge >= 0.3 is 0 Å². The van der Waals surface area contributed by atoms with Crippen molar-refractivity contribution in [3.8, 4) is 0 Å². The molecule has 2 aromatic carbocycles. The average Bonchev–Trinajstić information content (AvgIpc) is 2.79. The normalized spacial score (nSPS) is 13.7. The second-order valence-corrected chi connectivity index (χ2v) is 7.91. The van der Waals surface area contributed by atoms with Gasteiger partial charge in [-0.3, -0.25) is 0 Å². The van der Waals surface area contributed by atoms with Crippen LogP contribution < -0.4 is 20.4 Å². The third-order valence-electron chi connectivity index (χ3n) is 5.00. The number of anilines is 3. The van der Waals surface area contributed by atoms with Gasteiger partial charge in [0.1, 0.15) is 16.8 Å². The Morgan fingerprint density at radius 2 is 1.65 bits per heavy atom. The van der Waals surface area contributed by atoms with E-state index in [2.05, 4.69) is 54.7 Å². The molecular formula is C22H22ClFN6S. The van der Waals surface area contributed by atoms with Crippen molar-refractivity contribution in [3.05, 3.63) is 77.2 Å². The van der Waals surface area contributed by atoms with E-state index in [0.29, 0.717) is 22.8 Å². The first-order valence-corrected chi connectivity index (χ1v) is 10.7. The predicted octanol–water partition coefficient (Wildman–Crippen LogP) is 4.08. The lowest BCUT2D eigenvalue weighted by Crippen LogP contribution is -2.46. The molecule has 31 heavy (non-hydrogen) atoms. The van der Waals surface area contributed by atoms with Crippen LogP contribution in [-0.4, -0.2) is 41.3 Å². The Morgan fingerprint density at radius 3 is 2.35 bits per heavy atom. The van der Waals surface area contributed by atoms with Gasteiger partial charge in [0.2, 0.25) is 5.95 Å². The van der Waals surface area contributed by atoms with E-state index in [-0.39, 0.29) is 5.82 Å². The minimum atomic E-state index is -0.270. The Labute approximate surface area is 191 Å². The highest BCUT2D eigenvalue weighted by molar-refractivity contribution is 7.80. The van der Waals surface area contributed by atoms with E-state index in [9.17, 15) is 4.39 Å². The molecule has 1 saturated heterocycles. The second kappa shape index (κ2) is 9.89. The number of hydrogen-bond donors (Lipinski definition) is 2. The molecule has 6 nitrogen and oxygen atoms in total. The molecular weight excluding hydrogens is 435 g/mol. The third kappa shape index (κ3) is 5.80. The van der Waals surface area contributed by atoms with Crippen molar-refractivity contribution in [2.75, 3.05) is 41.3 Å². The van der Waals surface area contributed by atoms with Gasteiger partial charge in [0.15, 0.2) is 5.11 Å². The number of rotatable bonds is 5. The number of halogens is 2. The van der Waals surface area contributed by atoms with Gasteiger partial charge < -0.3 is 20.4 Å². The summed E-state index contributed by atoms with van der Waals surface area (Å²) in [5.41, 5.74) is 2.14. The molecule has 1 fully saturated rings. The number of para-hydroxylation sites is 1. The summed E-state index contributed by atoms with van der Waals surface area (Å²) in [7, 11) is 0. The van der Waals surface area contributed by atoms with Crippen LogP contribution in [0.2, 0.25) is 5.15 Å². The molecule has 2 heterocycles. The zero-order chi connectivity index (χ0) is 21.6. The fraction of sp³-hybridized carbons (Fsp3) is 0.227. The molecule has 0 bridgehead atoms. The number of thiocarbonyl (C=S) groups is 1.